The van der Waals surface area contributed by atoms with Crippen LogP contribution in [0.5, 0.6) is 0 Å². The maximum absolute atomic E-state index is 6.71. The molecule has 0 aliphatic heterocycles. The van der Waals surface area contributed by atoms with Crippen molar-refractivity contribution in [3.63, 3.8) is 0 Å². The fourth-order valence-electron chi connectivity index (χ4n) is 9.38. The monoisotopic (exact) mass is 763 g/mol. The molecule has 0 unspecified atom stereocenters. The van der Waals surface area contributed by atoms with Gasteiger partial charge >= 0.3 is 0 Å². The van der Waals surface area contributed by atoms with Crippen molar-refractivity contribution in [1.29, 1.82) is 0 Å². The Morgan fingerprint density at radius 3 is 1.72 bits per heavy atom. The lowest BCUT2D eigenvalue weighted by atomic mass is 9.92. The highest BCUT2D eigenvalue weighted by Crippen LogP contribution is 2.45. The predicted octanol–water partition coefficient (Wildman–Crippen LogP) is 16.7. The number of rotatable bonds is 6. The van der Waals surface area contributed by atoms with E-state index < -0.39 is 0 Å². The lowest BCUT2D eigenvalue weighted by Crippen LogP contribution is -2.10. The molecule has 0 fully saturated rings. The first-order valence-corrected chi connectivity index (χ1v) is 20.6. The van der Waals surface area contributed by atoms with Gasteiger partial charge in [-0.05, 0) is 120 Å². The highest BCUT2D eigenvalue weighted by molar-refractivity contribution is 6.20. The van der Waals surface area contributed by atoms with E-state index in [9.17, 15) is 0 Å². The molecule has 0 saturated heterocycles. The smallest absolute Gasteiger partial charge is 0.143 e. The molecule has 0 bridgehead atoms. The molecule has 0 spiro atoms. The van der Waals surface area contributed by atoms with Crippen molar-refractivity contribution >= 4 is 82.1 Å². The second-order valence-electron chi connectivity index (χ2n) is 15.6. The van der Waals surface area contributed by atoms with Gasteiger partial charge in [0.1, 0.15) is 11.2 Å². The summed E-state index contributed by atoms with van der Waals surface area (Å²) in [6.07, 6.45) is 0. The number of furan rings is 1. The Balaban J connectivity index is 0.999. The second kappa shape index (κ2) is 13.9. The van der Waals surface area contributed by atoms with E-state index in [0.29, 0.717) is 0 Å². The zero-order chi connectivity index (χ0) is 39.6. The quantitative estimate of drug-likeness (QED) is 0.157. The average Bonchev–Trinajstić information content (AvgIpc) is 3.72. The van der Waals surface area contributed by atoms with E-state index in [1.807, 2.05) is 0 Å². The van der Waals surface area contributed by atoms with Crippen molar-refractivity contribution in [3.05, 3.63) is 224 Å². The Morgan fingerprint density at radius 1 is 0.300 bits per heavy atom. The maximum atomic E-state index is 6.71. The van der Waals surface area contributed by atoms with Gasteiger partial charge in [0.05, 0.1) is 11.1 Å². The van der Waals surface area contributed by atoms with Gasteiger partial charge in [-0.2, -0.15) is 0 Å². The van der Waals surface area contributed by atoms with Crippen molar-refractivity contribution < 1.29 is 4.42 Å². The highest BCUT2D eigenvalue weighted by Gasteiger charge is 2.21. The molecule has 280 valence electrons. The molecule has 0 aliphatic carbocycles. The van der Waals surface area contributed by atoms with Crippen LogP contribution in [0.4, 0.5) is 17.1 Å². The average molecular weight is 764 g/mol. The van der Waals surface area contributed by atoms with Crippen LogP contribution in [0, 0.1) is 0 Å². The maximum Gasteiger partial charge on any atom is 0.143 e. The van der Waals surface area contributed by atoms with E-state index in [-0.39, 0.29) is 0 Å². The predicted molar refractivity (Wildman–Crippen MR) is 255 cm³/mol. The molecule has 2 heteroatoms. The van der Waals surface area contributed by atoms with Gasteiger partial charge in [-0.25, -0.2) is 0 Å². The first-order valence-electron chi connectivity index (χ1n) is 20.6. The SMILES string of the molecule is c1cc(-c2ccc(-c3cc4ccccc4c4ccccc34)cc2)cc(N(c2ccc(-c3cccc4ccccc34)cc2)c2cccc3oc4c5ccccc5ccc4c23)c1. The molecule has 2 nitrogen and oxygen atoms in total. The summed E-state index contributed by atoms with van der Waals surface area (Å²) in [5.74, 6) is 0. The molecule has 12 aromatic rings. The van der Waals surface area contributed by atoms with E-state index in [1.54, 1.807) is 0 Å². The van der Waals surface area contributed by atoms with Crippen LogP contribution in [0.3, 0.4) is 0 Å². The van der Waals surface area contributed by atoms with Gasteiger partial charge in [0, 0.05) is 22.1 Å². The largest absolute Gasteiger partial charge is 0.455 e. The number of nitrogens with zero attached hydrogens (tertiary/aromatic N) is 1. The van der Waals surface area contributed by atoms with E-state index in [2.05, 4.69) is 229 Å². The lowest BCUT2D eigenvalue weighted by Gasteiger charge is -2.27. The molecule has 0 amide bonds. The zero-order valence-corrected chi connectivity index (χ0v) is 32.7. The molecule has 11 aromatic carbocycles. The third-order valence-electron chi connectivity index (χ3n) is 12.2. The van der Waals surface area contributed by atoms with Crippen molar-refractivity contribution in [3.8, 4) is 33.4 Å². The minimum absolute atomic E-state index is 0.865. The van der Waals surface area contributed by atoms with Crippen LogP contribution in [-0.4, -0.2) is 0 Å². The Labute approximate surface area is 347 Å². The Bertz CT molecular complexity index is 3590. The molecule has 1 aromatic heterocycles. The van der Waals surface area contributed by atoms with Crippen LogP contribution in [0.15, 0.2) is 229 Å². The molecule has 1 heterocycles. The minimum atomic E-state index is 0.865. The minimum Gasteiger partial charge on any atom is -0.455 e. The summed E-state index contributed by atoms with van der Waals surface area (Å²) in [5, 5.41) is 12.0. The third-order valence-corrected chi connectivity index (χ3v) is 12.2. The van der Waals surface area contributed by atoms with Gasteiger partial charge in [-0.3, -0.25) is 0 Å². The molecule has 0 aliphatic rings. The van der Waals surface area contributed by atoms with Gasteiger partial charge < -0.3 is 9.32 Å². The van der Waals surface area contributed by atoms with Crippen LogP contribution in [0.25, 0.3) is 98.4 Å². The van der Waals surface area contributed by atoms with Gasteiger partial charge in [-0.1, -0.05) is 176 Å². The summed E-state index contributed by atoms with van der Waals surface area (Å²) < 4.78 is 6.71. The zero-order valence-electron chi connectivity index (χ0n) is 32.7. The first kappa shape index (κ1) is 34.1. The van der Waals surface area contributed by atoms with Crippen molar-refractivity contribution in [1.82, 2.24) is 0 Å². The Hall–Kier alpha value is -7.94. The van der Waals surface area contributed by atoms with Gasteiger partial charge in [-0.15, -0.1) is 0 Å². The van der Waals surface area contributed by atoms with Crippen LogP contribution < -0.4 is 4.90 Å². The van der Waals surface area contributed by atoms with Crippen molar-refractivity contribution in [2.75, 3.05) is 4.90 Å². The standard InChI is InChI=1S/C58H37NO/c1-4-18-47-39(12-1)15-10-23-48(47)41-30-33-45(34-31-41)59(55-24-11-25-56-57(55)53-35-32-40-13-2-6-20-50(40)58(53)60-56)46-17-9-16-43(36-46)38-26-28-42(29-27-38)54-37-44-14-3-5-19-49(44)51-21-7-8-22-52(51)54/h1-37H. The number of benzene rings is 11. The normalized spacial score (nSPS) is 11.7. The summed E-state index contributed by atoms with van der Waals surface area (Å²) in [6.45, 7) is 0. The number of fused-ring (bicyclic) bond motifs is 9. The van der Waals surface area contributed by atoms with Gasteiger partial charge in [0.25, 0.3) is 0 Å². The van der Waals surface area contributed by atoms with E-state index in [4.69, 9.17) is 4.42 Å². The summed E-state index contributed by atoms with van der Waals surface area (Å²) >= 11 is 0. The number of anilines is 3. The second-order valence-corrected chi connectivity index (χ2v) is 15.6. The summed E-state index contributed by atoms with van der Waals surface area (Å²) in [6, 6.07) is 81.2. The Kier molecular flexibility index (Phi) is 7.89. The highest BCUT2D eigenvalue weighted by atomic mass is 16.3. The first-order chi connectivity index (χ1) is 29.7. The molecule has 0 atom stereocenters. The molecule has 60 heavy (non-hydrogen) atoms. The molecular formula is C58H37NO. The van der Waals surface area contributed by atoms with Crippen LogP contribution in [0.2, 0.25) is 0 Å². The molecular weight excluding hydrogens is 727 g/mol. The molecule has 0 N–H and O–H groups in total. The van der Waals surface area contributed by atoms with Crippen LogP contribution >= 0.6 is 0 Å². The van der Waals surface area contributed by atoms with E-state index in [1.165, 1.54) is 60.0 Å². The fraction of sp³-hybridized carbons (Fsp3) is 0. The molecule has 0 radical (unpaired) electrons. The van der Waals surface area contributed by atoms with E-state index in [0.717, 1.165) is 55.5 Å². The van der Waals surface area contributed by atoms with E-state index >= 15 is 0 Å². The summed E-state index contributed by atoms with van der Waals surface area (Å²) in [4.78, 5) is 2.39. The number of hydrogen-bond acceptors (Lipinski definition) is 2. The van der Waals surface area contributed by atoms with Crippen molar-refractivity contribution in [2.24, 2.45) is 0 Å². The van der Waals surface area contributed by atoms with Crippen molar-refractivity contribution in [2.45, 2.75) is 0 Å². The summed E-state index contributed by atoms with van der Waals surface area (Å²) in [7, 11) is 0. The fourth-order valence-corrected chi connectivity index (χ4v) is 9.38. The van der Waals surface area contributed by atoms with Gasteiger partial charge in [0.2, 0.25) is 0 Å². The van der Waals surface area contributed by atoms with Crippen LogP contribution in [-0.2, 0) is 0 Å². The number of hydrogen-bond donors (Lipinski definition) is 0. The third kappa shape index (κ3) is 5.57. The molecule has 0 saturated carbocycles. The topological polar surface area (TPSA) is 16.4 Å². The van der Waals surface area contributed by atoms with Crippen LogP contribution in [0.1, 0.15) is 0 Å². The lowest BCUT2D eigenvalue weighted by molar-refractivity contribution is 0.672. The molecule has 12 rings (SSSR count). The Morgan fingerprint density at radius 2 is 0.900 bits per heavy atom. The van der Waals surface area contributed by atoms with Gasteiger partial charge in [0.15, 0.2) is 0 Å². The summed E-state index contributed by atoms with van der Waals surface area (Å²) in [5.41, 5.74) is 12.1.